The highest BCUT2D eigenvalue weighted by Crippen LogP contribution is 2.32. The second kappa shape index (κ2) is 6.15. The van der Waals surface area contributed by atoms with Gasteiger partial charge in [-0.1, -0.05) is 6.07 Å². The van der Waals surface area contributed by atoms with Crippen LogP contribution in [-0.4, -0.2) is 36.4 Å². The Balaban J connectivity index is 1.55. The first-order chi connectivity index (χ1) is 12.8. The summed E-state index contributed by atoms with van der Waals surface area (Å²) in [7, 11) is 0. The Morgan fingerprint density at radius 3 is 3.12 bits per heavy atom. The van der Waals surface area contributed by atoms with Crippen molar-refractivity contribution in [1.82, 2.24) is 29.8 Å². The number of thiophene rings is 1. The van der Waals surface area contributed by atoms with Crippen LogP contribution in [0.1, 0.15) is 28.9 Å². The molecule has 0 fully saturated rings. The Labute approximate surface area is 152 Å². The maximum absolute atomic E-state index is 12.3. The fraction of sp³-hybridized carbons (Fsp3) is 0.222. The standard InChI is InChI=1S/C18H16N6OS/c25-18-17-13(5-8-26-17)22-14(23-18)9-24-7-4-11-15(21-10-20-11)16(24)12-3-1-2-6-19-12/h1-3,5-6,8,10,16H,4,7,9H2,(H,20,21)(H,22,23,25). The van der Waals surface area contributed by atoms with Crippen LogP contribution in [0, 0.1) is 0 Å². The van der Waals surface area contributed by atoms with Crippen LogP contribution in [0.4, 0.5) is 0 Å². The van der Waals surface area contributed by atoms with Gasteiger partial charge in [-0.2, -0.15) is 0 Å². The van der Waals surface area contributed by atoms with Crippen molar-refractivity contribution in [2.45, 2.75) is 19.0 Å². The third-order valence-electron chi connectivity index (χ3n) is 4.71. The zero-order valence-corrected chi connectivity index (χ0v) is 14.7. The first kappa shape index (κ1) is 15.4. The minimum Gasteiger partial charge on any atom is -0.348 e. The van der Waals surface area contributed by atoms with E-state index >= 15 is 0 Å². The highest BCUT2D eigenvalue weighted by Gasteiger charge is 2.32. The largest absolute Gasteiger partial charge is 0.348 e. The molecule has 5 rings (SSSR count). The molecule has 1 aliphatic heterocycles. The zero-order chi connectivity index (χ0) is 17.5. The predicted octanol–water partition coefficient (Wildman–Crippen LogP) is 2.25. The van der Waals surface area contributed by atoms with Crippen molar-refractivity contribution in [1.29, 1.82) is 0 Å². The minimum atomic E-state index is -0.0770. The number of fused-ring (bicyclic) bond motifs is 2. The van der Waals surface area contributed by atoms with Gasteiger partial charge in [-0.15, -0.1) is 11.3 Å². The first-order valence-corrected chi connectivity index (χ1v) is 9.31. The fourth-order valence-corrected chi connectivity index (χ4v) is 4.27. The van der Waals surface area contributed by atoms with Crippen LogP contribution >= 0.6 is 11.3 Å². The number of aromatic nitrogens is 5. The summed E-state index contributed by atoms with van der Waals surface area (Å²) in [5, 5.41) is 1.89. The van der Waals surface area contributed by atoms with Crippen LogP contribution in [-0.2, 0) is 13.0 Å². The van der Waals surface area contributed by atoms with Crippen molar-refractivity contribution >= 4 is 21.6 Å². The van der Waals surface area contributed by atoms with Gasteiger partial charge < -0.3 is 9.97 Å². The van der Waals surface area contributed by atoms with E-state index in [1.807, 2.05) is 29.6 Å². The van der Waals surface area contributed by atoms with Gasteiger partial charge in [-0.05, 0) is 23.6 Å². The number of hydrogen-bond acceptors (Lipinski definition) is 6. The topological polar surface area (TPSA) is 90.6 Å². The highest BCUT2D eigenvalue weighted by molar-refractivity contribution is 7.17. The molecule has 7 nitrogen and oxygen atoms in total. The molecule has 0 bridgehead atoms. The van der Waals surface area contributed by atoms with Crippen molar-refractivity contribution in [3.63, 3.8) is 0 Å². The number of pyridine rings is 1. The minimum absolute atomic E-state index is 0.0605. The molecule has 0 amide bonds. The van der Waals surface area contributed by atoms with Crippen LogP contribution in [0.3, 0.4) is 0 Å². The van der Waals surface area contributed by atoms with E-state index in [2.05, 4.69) is 29.8 Å². The van der Waals surface area contributed by atoms with Gasteiger partial charge in [0.05, 0.1) is 35.8 Å². The quantitative estimate of drug-likeness (QED) is 0.582. The van der Waals surface area contributed by atoms with Gasteiger partial charge in [0.2, 0.25) is 0 Å². The lowest BCUT2D eigenvalue weighted by Crippen LogP contribution is -2.37. The molecule has 1 atom stereocenters. The zero-order valence-electron chi connectivity index (χ0n) is 13.8. The number of nitrogens with one attached hydrogen (secondary N) is 2. The summed E-state index contributed by atoms with van der Waals surface area (Å²) in [6.07, 6.45) is 4.41. The molecule has 26 heavy (non-hydrogen) atoms. The smallest absolute Gasteiger partial charge is 0.268 e. The predicted molar refractivity (Wildman–Crippen MR) is 99.0 cm³/mol. The van der Waals surface area contributed by atoms with E-state index in [0.29, 0.717) is 17.1 Å². The summed E-state index contributed by atoms with van der Waals surface area (Å²) in [6, 6.07) is 7.73. The first-order valence-electron chi connectivity index (χ1n) is 8.43. The Morgan fingerprint density at radius 1 is 1.27 bits per heavy atom. The van der Waals surface area contributed by atoms with Crippen LogP contribution < -0.4 is 5.56 Å². The molecule has 5 heterocycles. The summed E-state index contributed by atoms with van der Waals surface area (Å²) < 4.78 is 0.670. The van der Waals surface area contributed by atoms with E-state index < -0.39 is 0 Å². The van der Waals surface area contributed by atoms with Gasteiger partial charge in [0.15, 0.2) is 0 Å². The lowest BCUT2D eigenvalue weighted by atomic mass is 9.99. The Kier molecular flexibility index (Phi) is 3.65. The third kappa shape index (κ3) is 2.54. The van der Waals surface area contributed by atoms with Gasteiger partial charge in [0.1, 0.15) is 10.5 Å². The van der Waals surface area contributed by atoms with Crippen LogP contribution in [0.5, 0.6) is 0 Å². The van der Waals surface area contributed by atoms with Crippen molar-refractivity contribution in [2.75, 3.05) is 6.54 Å². The lowest BCUT2D eigenvalue weighted by molar-refractivity contribution is 0.192. The maximum Gasteiger partial charge on any atom is 0.268 e. The molecule has 4 aromatic rings. The number of rotatable bonds is 3. The fourth-order valence-electron chi connectivity index (χ4n) is 3.55. The number of hydrogen-bond donors (Lipinski definition) is 2. The van der Waals surface area contributed by atoms with Crippen molar-refractivity contribution in [3.05, 3.63) is 75.4 Å². The van der Waals surface area contributed by atoms with E-state index in [4.69, 9.17) is 0 Å². The van der Waals surface area contributed by atoms with E-state index in [0.717, 1.165) is 35.6 Å². The highest BCUT2D eigenvalue weighted by atomic mass is 32.1. The van der Waals surface area contributed by atoms with E-state index in [1.165, 1.54) is 11.3 Å². The average molecular weight is 364 g/mol. The maximum atomic E-state index is 12.3. The molecule has 1 aliphatic rings. The molecular weight excluding hydrogens is 348 g/mol. The Hall–Kier alpha value is -2.84. The average Bonchev–Trinajstić information content (AvgIpc) is 3.31. The summed E-state index contributed by atoms with van der Waals surface area (Å²) in [5.74, 6) is 0.667. The monoisotopic (exact) mass is 364 g/mol. The van der Waals surface area contributed by atoms with Gasteiger partial charge in [0.25, 0.3) is 5.56 Å². The van der Waals surface area contributed by atoms with Gasteiger partial charge in [-0.25, -0.2) is 9.97 Å². The molecule has 0 saturated carbocycles. The summed E-state index contributed by atoms with van der Waals surface area (Å²) in [6.45, 7) is 1.37. The normalized spacial score (nSPS) is 17.5. The number of H-pyrrole nitrogens is 2. The number of nitrogens with zero attached hydrogens (tertiary/aromatic N) is 4. The molecule has 0 aliphatic carbocycles. The molecule has 1 unspecified atom stereocenters. The van der Waals surface area contributed by atoms with Crippen molar-refractivity contribution in [3.8, 4) is 0 Å². The van der Waals surface area contributed by atoms with Crippen LogP contribution in [0.25, 0.3) is 10.2 Å². The third-order valence-corrected chi connectivity index (χ3v) is 5.61. The number of imidazole rings is 1. The molecule has 2 N–H and O–H groups in total. The van der Waals surface area contributed by atoms with Gasteiger partial charge >= 0.3 is 0 Å². The molecule has 130 valence electrons. The molecular formula is C18H16N6OS. The Morgan fingerprint density at radius 2 is 2.23 bits per heavy atom. The Bertz CT molecular complexity index is 1120. The number of aromatic amines is 2. The lowest BCUT2D eigenvalue weighted by Gasteiger charge is -2.34. The molecule has 0 radical (unpaired) electrons. The van der Waals surface area contributed by atoms with Gasteiger partial charge in [-0.3, -0.25) is 14.7 Å². The molecule has 4 aromatic heterocycles. The molecule has 0 saturated heterocycles. The molecule has 0 spiro atoms. The summed E-state index contributed by atoms with van der Waals surface area (Å²) in [5.41, 5.74) is 3.76. The molecule has 0 aromatic carbocycles. The second-order valence-electron chi connectivity index (χ2n) is 6.29. The van der Waals surface area contributed by atoms with E-state index in [1.54, 1.807) is 12.5 Å². The SMILES string of the molecule is O=c1[nH]c(CN2CCc3[nH]cnc3C2c2ccccn2)nc2ccsc12. The van der Waals surface area contributed by atoms with Gasteiger partial charge in [0, 0.05) is 24.9 Å². The molecule has 8 heteroatoms. The van der Waals surface area contributed by atoms with Crippen LogP contribution in [0.2, 0.25) is 0 Å². The summed E-state index contributed by atoms with van der Waals surface area (Å²) >= 11 is 1.41. The second-order valence-corrected chi connectivity index (χ2v) is 7.21. The van der Waals surface area contributed by atoms with Crippen molar-refractivity contribution < 1.29 is 0 Å². The van der Waals surface area contributed by atoms with Crippen molar-refractivity contribution in [2.24, 2.45) is 0 Å². The summed E-state index contributed by atoms with van der Waals surface area (Å²) in [4.78, 5) is 34.4. The van der Waals surface area contributed by atoms with Crippen LogP contribution in [0.15, 0.2) is 47.0 Å². The van der Waals surface area contributed by atoms with E-state index in [-0.39, 0.29) is 11.6 Å². The van der Waals surface area contributed by atoms with E-state index in [9.17, 15) is 4.79 Å².